The van der Waals surface area contributed by atoms with Crippen LogP contribution in [0.25, 0.3) is 22.0 Å². The number of fused-ring (bicyclic) bond motifs is 2. The first-order chi connectivity index (χ1) is 15.1. The smallest absolute Gasteiger partial charge is 0.337 e. The summed E-state index contributed by atoms with van der Waals surface area (Å²) in [5, 5.41) is 0.450. The van der Waals surface area contributed by atoms with Crippen LogP contribution in [0.5, 0.6) is 0 Å². The van der Waals surface area contributed by atoms with Gasteiger partial charge in [0.15, 0.2) is 11.5 Å². The minimum Gasteiger partial charge on any atom is -0.465 e. The third-order valence-corrected chi connectivity index (χ3v) is 5.80. The molecule has 0 unspecified atom stereocenters. The Bertz CT molecular complexity index is 1290. The van der Waals surface area contributed by atoms with E-state index in [0.717, 1.165) is 42.9 Å². The predicted octanol–water partition coefficient (Wildman–Crippen LogP) is 3.23. The molecule has 8 nitrogen and oxygen atoms in total. The maximum absolute atomic E-state index is 12.5. The summed E-state index contributed by atoms with van der Waals surface area (Å²) in [5.41, 5.74) is 2.37. The number of carbonyl (C=O) groups excluding carboxylic acids is 1. The third kappa shape index (κ3) is 3.82. The fourth-order valence-electron chi connectivity index (χ4n) is 4.12. The Balaban J connectivity index is 1.30. The number of H-pyrrole nitrogens is 1. The average molecular weight is 418 g/mol. The largest absolute Gasteiger partial charge is 0.465 e. The first-order valence-electron chi connectivity index (χ1n) is 10.3. The van der Waals surface area contributed by atoms with E-state index in [9.17, 15) is 9.59 Å². The fourth-order valence-corrected chi connectivity index (χ4v) is 4.12. The van der Waals surface area contributed by atoms with Gasteiger partial charge in [0.1, 0.15) is 11.3 Å². The lowest BCUT2D eigenvalue weighted by atomic mass is 9.97. The molecule has 1 aliphatic rings. The van der Waals surface area contributed by atoms with Gasteiger partial charge in [-0.3, -0.25) is 9.69 Å². The van der Waals surface area contributed by atoms with Crippen molar-refractivity contribution in [1.29, 1.82) is 0 Å². The third-order valence-electron chi connectivity index (χ3n) is 5.80. The quantitative estimate of drug-likeness (QED) is 0.508. The lowest BCUT2D eigenvalue weighted by molar-refractivity contribution is 0.0601. The number of oxazole rings is 1. The lowest BCUT2D eigenvalue weighted by Gasteiger charge is -2.30. The van der Waals surface area contributed by atoms with Crippen LogP contribution in [0.1, 0.15) is 40.8 Å². The Kier molecular flexibility index (Phi) is 4.99. The monoisotopic (exact) mass is 418 g/mol. The van der Waals surface area contributed by atoms with Crippen LogP contribution < -0.4 is 5.56 Å². The highest BCUT2D eigenvalue weighted by Crippen LogP contribution is 2.30. The first kappa shape index (κ1) is 19.4. The molecule has 1 fully saturated rings. The van der Waals surface area contributed by atoms with Crippen LogP contribution in [0.4, 0.5) is 0 Å². The molecule has 0 radical (unpaired) electrons. The second-order valence-electron chi connectivity index (χ2n) is 7.81. The summed E-state index contributed by atoms with van der Waals surface area (Å²) in [4.78, 5) is 38.6. The van der Waals surface area contributed by atoms with Gasteiger partial charge in [0.05, 0.1) is 30.1 Å². The minimum absolute atomic E-state index is 0.210. The van der Waals surface area contributed by atoms with Gasteiger partial charge in [-0.25, -0.2) is 14.8 Å². The Morgan fingerprint density at radius 3 is 2.74 bits per heavy atom. The molecule has 0 bridgehead atoms. The average Bonchev–Trinajstić information content (AvgIpc) is 3.23. The summed E-state index contributed by atoms with van der Waals surface area (Å²) < 4.78 is 10.7. The molecular formula is C23H22N4O4. The molecule has 3 heterocycles. The number of aromatic nitrogens is 3. The van der Waals surface area contributed by atoms with Crippen molar-refractivity contribution in [2.45, 2.75) is 25.3 Å². The number of hydrogen-bond acceptors (Lipinski definition) is 7. The molecule has 8 heteroatoms. The highest BCUT2D eigenvalue weighted by molar-refractivity contribution is 5.93. The van der Waals surface area contributed by atoms with Crippen molar-refractivity contribution in [1.82, 2.24) is 19.9 Å². The van der Waals surface area contributed by atoms with Crippen molar-refractivity contribution in [2.75, 3.05) is 20.2 Å². The van der Waals surface area contributed by atoms with Crippen LogP contribution >= 0.6 is 0 Å². The van der Waals surface area contributed by atoms with E-state index < -0.39 is 5.97 Å². The molecule has 0 amide bonds. The van der Waals surface area contributed by atoms with Gasteiger partial charge >= 0.3 is 5.97 Å². The van der Waals surface area contributed by atoms with Crippen molar-refractivity contribution < 1.29 is 13.9 Å². The molecule has 1 aliphatic heterocycles. The van der Waals surface area contributed by atoms with Gasteiger partial charge in [-0.05, 0) is 56.3 Å². The molecule has 2 aromatic heterocycles. The number of methoxy groups -OCH3 is 1. The number of aromatic amines is 1. The number of hydrogen-bond donors (Lipinski definition) is 1. The Morgan fingerprint density at radius 2 is 1.97 bits per heavy atom. The maximum Gasteiger partial charge on any atom is 0.337 e. The van der Waals surface area contributed by atoms with Crippen LogP contribution in [0.15, 0.2) is 51.7 Å². The molecule has 1 N–H and O–H groups in total. The second kappa shape index (κ2) is 7.96. The summed E-state index contributed by atoms with van der Waals surface area (Å²) >= 11 is 0. The fraction of sp³-hybridized carbons (Fsp3) is 0.304. The first-order valence-corrected chi connectivity index (χ1v) is 10.3. The van der Waals surface area contributed by atoms with Gasteiger partial charge in [-0.2, -0.15) is 0 Å². The Morgan fingerprint density at radius 1 is 1.16 bits per heavy atom. The van der Waals surface area contributed by atoms with Crippen LogP contribution in [0.3, 0.4) is 0 Å². The predicted molar refractivity (Wildman–Crippen MR) is 115 cm³/mol. The highest BCUT2D eigenvalue weighted by Gasteiger charge is 2.25. The molecule has 0 saturated carbocycles. The van der Waals surface area contributed by atoms with Gasteiger partial charge in [0, 0.05) is 5.92 Å². The number of carbonyl (C=O) groups is 1. The van der Waals surface area contributed by atoms with Gasteiger partial charge in [-0.1, -0.05) is 12.1 Å². The molecule has 158 valence electrons. The molecular weight excluding hydrogens is 396 g/mol. The maximum atomic E-state index is 12.5. The highest BCUT2D eigenvalue weighted by atomic mass is 16.5. The van der Waals surface area contributed by atoms with Crippen molar-refractivity contribution in [3.8, 4) is 0 Å². The van der Waals surface area contributed by atoms with E-state index in [1.165, 1.54) is 7.11 Å². The van der Waals surface area contributed by atoms with Crippen LogP contribution in [-0.2, 0) is 11.3 Å². The van der Waals surface area contributed by atoms with Crippen molar-refractivity contribution >= 4 is 28.0 Å². The molecule has 2 aromatic carbocycles. The van der Waals surface area contributed by atoms with Crippen molar-refractivity contribution in [3.63, 3.8) is 0 Å². The zero-order valence-corrected chi connectivity index (χ0v) is 17.1. The van der Waals surface area contributed by atoms with Crippen LogP contribution in [0.2, 0.25) is 0 Å². The van der Waals surface area contributed by atoms with E-state index in [2.05, 4.69) is 19.9 Å². The van der Waals surface area contributed by atoms with Crippen LogP contribution in [-0.4, -0.2) is 46.0 Å². The number of nitrogens with zero attached hydrogens (tertiary/aromatic N) is 3. The van der Waals surface area contributed by atoms with E-state index in [0.29, 0.717) is 28.8 Å². The van der Waals surface area contributed by atoms with Gasteiger partial charge in [0.2, 0.25) is 0 Å². The Hall–Kier alpha value is -3.52. The van der Waals surface area contributed by atoms with E-state index in [4.69, 9.17) is 9.15 Å². The standard InChI is InChI=1S/C23H22N4O4/c1-30-23(29)15-6-7-16-18(12-15)24-20(26-21(16)28)13-27-10-8-14(9-11-27)22-25-17-4-2-3-5-19(17)31-22/h2-7,12,14H,8-11,13H2,1H3,(H,24,26,28). The van der Waals surface area contributed by atoms with Crippen LogP contribution in [0, 0.1) is 0 Å². The number of esters is 1. The topological polar surface area (TPSA) is 101 Å². The van der Waals surface area contributed by atoms with Crippen molar-refractivity contribution in [2.24, 2.45) is 0 Å². The number of nitrogens with one attached hydrogen (secondary N) is 1. The van der Waals surface area contributed by atoms with E-state index in [-0.39, 0.29) is 11.5 Å². The van der Waals surface area contributed by atoms with Gasteiger partial charge < -0.3 is 14.1 Å². The molecule has 4 aromatic rings. The number of rotatable bonds is 4. The number of likely N-dealkylation sites (tertiary alicyclic amines) is 1. The number of benzene rings is 2. The minimum atomic E-state index is -0.452. The summed E-state index contributed by atoms with van der Waals surface area (Å²) in [6, 6.07) is 12.6. The molecule has 0 spiro atoms. The summed E-state index contributed by atoms with van der Waals surface area (Å²) in [5.74, 6) is 1.22. The number of para-hydroxylation sites is 2. The normalized spacial score (nSPS) is 15.5. The van der Waals surface area contributed by atoms with Crippen molar-refractivity contribution in [3.05, 3.63) is 70.1 Å². The SMILES string of the molecule is COC(=O)c1ccc2c(=O)[nH]c(CN3CCC(c4nc5ccccc5o4)CC3)nc2c1. The lowest BCUT2D eigenvalue weighted by Crippen LogP contribution is -2.33. The molecule has 1 saturated heterocycles. The zero-order valence-electron chi connectivity index (χ0n) is 17.1. The molecule has 0 aliphatic carbocycles. The van der Waals surface area contributed by atoms with Gasteiger partial charge in [0.25, 0.3) is 5.56 Å². The Labute approximate surface area is 177 Å². The second-order valence-corrected chi connectivity index (χ2v) is 7.81. The molecule has 5 rings (SSSR count). The zero-order chi connectivity index (χ0) is 21.4. The molecule has 0 atom stereocenters. The van der Waals surface area contributed by atoms with E-state index in [1.54, 1.807) is 18.2 Å². The summed E-state index contributed by atoms with van der Waals surface area (Å²) in [6.45, 7) is 2.24. The van der Waals surface area contributed by atoms with E-state index in [1.807, 2.05) is 24.3 Å². The summed E-state index contributed by atoms with van der Waals surface area (Å²) in [6.07, 6.45) is 1.86. The van der Waals surface area contributed by atoms with E-state index >= 15 is 0 Å². The number of ether oxygens (including phenoxy) is 1. The summed E-state index contributed by atoms with van der Waals surface area (Å²) in [7, 11) is 1.33. The number of piperidine rings is 1. The van der Waals surface area contributed by atoms with Gasteiger partial charge in [-0.15, -0.1) is 0 Å². The molecule has 31 heavy (non-hydrogen) atoms.